The normalized spacial score (nSPS) is 18.6. The van der Waals surface area contributed by atoms with Gasteiger partial charge in [0.15, 0.2) is 11.6 Å². The summed E-state index contributed by atoms with van der Waals surface area (Å²) < 4.78 is 25.2. The van der Waals surface area contributed by atoms with Crippen LogP contribution >= 0.6 is 0 Å². The first kappa shape index (κ1) is 20.7. The molecule has 31 heavy (non-hydrogen) atoms. The summed E-state index contributed by atoms with van der Waals surface area (Å²) in [6.45, 7) is 5.11. The molecule has 1 aliphatic rings. The zero-order valence-electron chi connectivity index (χ0n) is 17.4. The van der Waals surface area contributed by atoms with Crippen molar-refractivity contribution in [2.24, 2.45) is 0 Å². The fraction of sp³-hybridized carbons (Fsp3) is 0.333. The van der Waals surface area contributed by atoms with E-state index in [1.54, 1.807) is 24.5 Å². The van der Waals surface area contributed by atoms with Gasteiger partial charge in [-0.1, -0.05) is 0 Å². The Morgan fingerprint density at radius 1 is 1.19 bits per heavy atom. The summed E-state index contributed by atoms with van der Waals surface area (Å²) in [6.07, 6.45) is 4.30. The minimum absolute atomic E-state index is 0.00597. The number of nitrogens with zero attached hydrogens (tertiary/aromatic N) is 4. The number of aromatic amines is 1. The predicted octanol–water partition coefficient (Wildman–Crippen LogP) is 2.73. The van der Waals surface area contributed by atoms with Crippen molar-refractivity contribution in [3.63, 3.8) is 0 Å². The number of methoxy groups -OCH3 is 1. The third-order valence-electron chi connectivity index (χ3n) is 4.87. The van der Waals surface area contributed by atoms with E-state index >= 15 is 0 Å². The van der Waals surface area contributed by atoms with Gasteiger partial charge in [0.1, 0.15) is 5.69 Å². The van der Waals surface area contributed by atoms with Crippen LogP contribution in [0.1, 0.15) is 13.8 Å². The van der Waals surface area contributed by atoms with E-state index in [0.717, 1.165) is 11.8 Å². The molecule has 10 heteroatoms. The summed E-state index contributed by atoms with van der Waals surface area (Å²) in [5.41, 5.74) is 1.21. The third kappa shape index (κ3) is 4.64. The summed E-state index contributed by atoms with van der Waals surface area (Å²) in [5.74, 6) is 0.119. The van der Waals surface area contributed by atoms with Crippen LogP contribution in [0, 0.1) is 5.82 Å². The average Bonchev–Trinajstić information content (AvgIpc) is 2.76. The molecule has 0 bridgehead atoms. The highest BCUT2D eigenvalue weighted by Gasteiger charge is 2.25. The second kappa shape index (κ2) is 8.68. The summed E-state index contributed by atoms with van der Waals surface area (Å²) in [7, 11) is 1.53. The van der Waals surface area contributed by atoms with Crippen LogP contribution in [0.2, 0.25) is 0 Å². The number of pyridine rings is 2. The number of rotatable bonds is 5. The zero-order valence-corrected chi connectivity index (χ0v) is 17.4. The lowest BCUT2D eigenvalue weighted by atomic mass is 10.1. The number of aromatic nitrogens is 4. The highest BCUT2D eigenvalue weighted by Crippen LogP contribution is 2.24. The largest absolute Gasteiger partial charge is 0.481 e. The van der Waals surface area contributed by atoms with Gasteiger partial charge in [-0.05, 0) is 26.0 Å². The molecular formula is C21H23FN6O3. The summed E-state index contributed by atoms with van der Waals surface area (Å²) in [4.78, 5) is 29.5. The summed E-state index contributed by atoms with van der Waals surface area (Å²) >= 11 is 0. The van der Waals surface area contributed by atoms with E-state index in [4.69, 9.17) is 9.47 Å². The fourth-order valence-electron chi connectivity index (χ4n) is 3.48. The van der Waals surface area contributed by atoms with Crippen molar-refractivity contribution in [1.82, 2.24) is 19.9 Å². The van der Waals surface area contributed by atoms with Crippen LogP contribution < -0.4 is 20.5 Å². The maximum Gasteiger partial charge on any atom is 0.271 e. The summed E-state index contributed by atoms with van der Waals surface area (Å²) in [6, 6.07) is 5.14. The van der Waals surface area contributed by atoms with E-state index in [1.807, 2.05) is 24.8 Å². The minimum atomic E-state index is -0.658. The van der Waals surface area contributed by atoms with Crippen molar-refractivity contribution >= 4 is 17.5 Å². The van der Waals surface area contributed by atoms with E-state index < -0.39 is 11.4 Å². The van der Waals surface area contributed by atoms with Crippen molar-refractivity contribution in [1.29, 1.82) is 0 Å². The third-order valence-corrected chi connectivity index (χ3v) is 4.87. The van der Waals surface area contributed by atoms with Crippen LogP contribution in [-0.4, -0.2) is 52.3 Å². The van der Waals surface area contributed by atoms with Gasteiger partial charge in [0.25, 0.3) is 5.56 Å². The van der Waals surface area contributed by atoms with Crippen LogP contribution in [0.25, 0.3) is 11.1 Å². The molecule has 1 saturated heterocycles. The molecule has 1 aliphatic heterocycles. The van der Waals surface area contributed by atoms with Gasteiger partial charge in [0, 0.05) is 42.7 Å². The monoisotopic (exact) mass is 426 g/mol. The molecule has 4 heterocycles. The first-order valence-corrected chi connectivity index (χ1v) is 9.86. The van der Waals surface area contributed by atoms with Crippen LogP contribution in [0.3, 0.4) is 0 Å². The van der Waals surface area contributed by atoms with Crippen LogP contribution in [0.15, 0.2) is 41.6 Å². The highest BCUT2D eigenvalue weighted by atomic mass is 19.1. The van der Waals surface area contributed by atoms with E-state index in [-0.39, 0.29) is 23.7 Å². The van der Waals surface area contributed by atoms with Gasteiger partial charge in [-0.3, -0.25) is 4.79 Å². The number of morpholine rings is 1. The lowest BCUT2D eigenvalue weighted by molar-refractivity contribution is -0.00572. The van der Waals surface area contributed by atoms with Crippen LogP contribution in [0.5, 0.6) is 5.88 Å². The Labute approximate surface area is 178 Å². The van der Waals surface area contributed by atoms with Crippen molar-refractivity contribution in [3.8, 4) is 17.0 Å². The molecule has 0 unspecified atom stereocenters. The first-order chi connectivity index (χ1) is 14.9. The first-order valence-electron chi connectivity index (χ1n) is 9.86. The molecule has 9 nitrogen and oxygen atoms in total. The van der Waals surface area contributed by atoms with E-state index in [9.17, 15) is 9.18 Å². The number of nitrogens with one attached hydrogen (secondary N) is 2. The predicted molar refractivity (Wildman–Crippen MR) is 114 cm³/mol. The van der Waals surface area contributed by atoms with Gasteiger partial charge in [-0.25, -0.2) is 14.4 Å². The number of H-pyrrole nitrogens is 1. The Bertz CT molecular complexity index is 1110. The molecule has 2 N–H and O–H groups in total. The Hall–Kier alpha value is -3.53. The van der Waals surface area contributed by atoms with Gasteiger partial charge < -0.3 is 24.7 Å². The molecule has 0 saturated carbocycles. The quantitative estimate of drug-likeness (QED) is 0.642. The number of halogens is 1. The number of hydrogen-bond acceptors (Lipinski definition) is 8. The molecule has 0 spiro atoms. The maximum absolute atomic E-state index is 14.4. The maximum atomic E-state index is 14.4. The van der Waals surface area contributed by atoms with Gasteiger partial charge in [-0.15, -0.1) is 0 Å². The van der Waals surface area contributed by atoms with Crippen molar-refractivity contribution in [2.75, 3.05) is 30.4 Å². The molecule has 0 amide bonds. The van der Waals surface area contributed by atoms with Gasteiger partial charge >= 0.3 is 0 Å². The molecule has 3 aromatic rings. The molecule has 0 aromatic carbocycles. The van der Waals surface area contributed by atoms with Crippen molar-refractivity contribution < 1.29 is 13.9 Å². The molecule has 2 atom stereocenters. The number of anilines is 3. The Morgan fingerprint density at radius 3 is 2.65 bits per heavy atom. The molecular weight excluding hydrogens is 403 g/mol. The number of hydrogen-bond donors (Lipinski definition) is 2. The van der Waals surface area contributed by atoms with Gasteiger partial charge in [-0.2, -0.15) is 4.98 Å². The summed E-state index contributed by atoms with van der Waals surface area (Å²) in [5, 5.41) is 2.80. The smallest absolute Gasteiger partial charge is 0.271 e. The lowest BCUT2D eigenvalue weighted by Crippen LogP contribution is -2.46. The van der Waals surface area contributed by atoms with E-state index in [1.165, 1.54) is 7.11 Å². The second-order valence-electron chi connectivity index (χ2n) is 7.37. The Kier molecular flexibility index (Phi) is 5.81. The van der Waals surface area contributed by atoms with Crippen molar-refractivity contribution in [3.05, 3.63) is 53.0 Å². The topological polar surface area (TPSA) is 105 Å². The van der Waals surface area contributed by atoms with E-state index in [0.29, 0.717) is 30.5 Å². The molecule has 0 aliphatic carbocycles. The Morgan fingerprint density at radius 2 is 1.97 bits per heavy atom. The van der Waals surface area contributed by atoms with E-state index in [2.05, 4.69) is 25.3 Å². The standard InChI is InChI=1S/C21H23FN6O3/c1-12-10-28(11-13(2)31-12)21-25-9-16(22)19(27-21)26-17-6-15(8-24-20(17)29)14-4-5-18(30-3)23-7-14/h4-9,12-13H,10-11H2,1-3H3,(H,24,29)(H,25,26,27)/t12-,13+. The lowest BCUT2D eigenvalue weighted by Gasteiger charge is -2.35. The molecule has 0 radical (unpaired) electrons. The molecule has 3 aromatic heterocycles. The van der Waals surface area contributed by atoms with Crippen LogP contribution in [0.4, 0.5) is 21.8 Å². The number of ether oxygens (including phenoxy) is 2. The van der Waals surface area contributed by atoms with Gasteiger partial charge in [0.2, 0.25) is 11.8 Å². The molecule has 162 valence electrons. The highest BCUT2D eigenvalue weighted by molar-refractivity contribution is 5.68. The molecule has 1 fully saturated rings. The second-order valence-corrected chi connectivity index (χ2v) is 7.37. The average molecular weight is 426 g/mol. The van der Waals surface area contributed by atoms with Crippen molar-refractivity contribution in [2.45, 2.75) is 26.1 Å². The fourth-order valence-corrected chi connectivity index (χ4v) is 3.48. The van der Waals surface area contributed by atoms with Gasteiger partial charge in [0.05, 0.1) is 25.5 Å². The molecule has 4 rings (SSSR count). The van der Waals surface area contributed by atoms with Crippen LogP contribution in [-0.2, 0) is 4.74 Å². The Balaban J connectivity index is 1.62. The SMILES string of the molecule is COc1ccc(-c2c[nH]c(=O)c(Nc3nc(N4C[C@@H](C)O[C@@H](C)C4)ncc3F)c2)cn1. The zero-order chi connectivity index (χ0) is 22.0. The minimum Gasteiger partial charge on any atom is -0.481 e.